The second-order valence-electron chi connectivity index (χ2n) is 4.95. The van der Waals surface area contributed by atoms with Gasteiger partial charge >= 0.3 is 0 Å². The van der Waals surface area contributed by atoms with Crippen molar-refractivity contribution in [2.24, 2.45) is 0 Å². The van der Waals surface area contributed by atoms with E-state index >= 15 is 0 Å². The van der Waals surface area contributed by atoms with E-state index in [4.69, 9.17) is 11.6 Å². The van der Waals surface area contributed by atoms with E-state index in [0.717, 1.165) is 16.6 Å². The van der Waals surface area contributed by atoms with Gasteiger partial charge in [-0.2, -0.15) is 5.10 Å². The molecule has 2 aromatic carbocycles. The van der Waals surface area contributed by atoms with Crippen LogP contribution in [-0.2, 0) is 0 Å². The molecular formula is C16H9ClFN3O. The highest BCUT2D eigenvalue weighted by Crippen LogP contribution is 2.30. The summed E-state index contributed by atoms with van der Waals surface area (Å²) in [5.41, 5.74) is 2.33. The summed E-state index contributed by atoms with van der Waals surface area (Å²) in [5.74, 6) is -0.319. The molecule has 2 aliphatic heterocycles. The fourth-order valence-corrected chi connectivity index (χ4v) is 2.74. The number of nitrogens with zero attached hydrogens (tertiary/aromatic N) is 2. The van der Waals surface area contributed by atoms with Gasteiger partial charge in [-0.1, -0.05) is 11.6 Å². The molecule has 6 heteroatoms. The molecule has 0 fully saturated rings. The van der Waals surface area contributed by atoms with Crippen LogP contribution in [0, 0.1) is 5.82 Å². The van der Waals surface area contributed by atoms with Crippen molar-refractivity contribution in [3.8, 4) is 16.9 Å². The lowest BCUT2D eigenvalue weighted by Gasteiger charge is -2.14. The van der Waals surface area contributed by atoms with E-state index < -0.39 is 0 Å². The lowest BCUT2D eigenvalue weighted by Crippen LogP contribution is -2.05. The molecule has 4 nitrogen and oxygen atoms in total. The van der Waals surface area contributed by atoms with Gasteiger partial charge < -0.3 is 4.57 Å². The van der Waals surface area contributed by atoms with Crippen LogP contribution >= 0.6 is 11.6 Å². The molecule has 22 heavy (non-hydrogen) atoms. The van der Waals surface area contributed by atoms with Gasteiger partial charge in [0.2, 0.25) is 0 Å². The fraction of sp³-hybridized carbons (Fsp3) is 0. The number of pyridine rings is 1. The Bertz CT molecular complexity index is 1020. The van der Waals surface area contributed by atoms with Crippen molar-refractivity contribution >= 4 is 22.5 Å². The molecule has 0 aromatic heterocycles. The minimum atomic E-state index is -0.319. The topological polar surface area (TPSA) is 50.7 Å². The van der Waals surface area contributed by atoms with Crippen LogP contribution in [0.1, 0.15) is 0 Å². The van der Waals surface area contributed by atoms with Crippen molar-refractivity contribution < 1.29 is 4.39 Å². The van der Waals surface area contributed by atoms with E-state index in [-0.39, 0.29) is 11.4 Å². The Morgan fingerprint density at radius 3 is 2.68 bits per heavy atom. The third-order valence-corrected chi connectivity index (χ3v) is 3.84. The van der Waals surface area contributed by atoms with Gasteiger partial charge in [-0.15, -0.1) is 0 Å². The molecule has 4 rings (SSSR count). The van der Waals surface area contributed by atoms with Crippen molar-refractivity contribution in [2.45, 2.75) is 0 Å². The van der Waals surface area contributed by atoms with E-state index in [1.54, 1.807) is 35.0 Å². The van der Waals surface area contributed by atoms with Crippen LogP contribution < -0.4 is 5.56 Å². The number of H-pyrrole nitrogens is 1. The average Bonchev–Trinajstić information content (AvgIpc) is 2.88. The number of aromatic amines is 1. The summed E-state index contributed by atoms with van der Waals surface area (Å²) in [6.07, 6.45) is 1.69. The minimum Gasteiger partial charge on any atom is -0.316 e. The van der Waals surface area contributed by atoms with E-state index in [9.17, 15) is 9.18 Å². The summed E-state index contributed by atoms with van der Waals surface area (Å²) in [5, 5.41) is 7.90. The second kappa shape index (κ2) is 4.68. The first-order chi connectivity index (χ1) is 10.6. The van der Waals surface area contributed by atoms with Gasteiger partial charge in [0.1, 0.15) is 11.5 Å². The lowest BCUT2D eigenvalue weighted by molar-refractivity contribution is 0.627. The second-order valence-corrected chi connectivity index (χ2v) is 5.39. The average molecular weight is 314 g/mol. The van der Waals surface area contributed by atoms with E-state index in [2.05, 4.69) is 10.2 Å². The molecule has 0 aliphatic carbocycles. The van der Waals surface area contributed by atoms with Crippen LogP contribution in [0.15, 0.2) is 53.5 Å². The van der Waals surface area contributed by atoms with Gasteiger partial charge in [0.25, 0.3) is 5.56 Å². The highest BCUT2D eigenvalue weighted by Gasteiger charge is 2.17. The molecule has 0 spiro atoms. The fourth-order valence-electron chi connectivity index (χ4n) is 2.58. The Morgan fingerprint density at radius 2 is 1.91 bits per heavy atom. The highest BCUT2D eigenvalue weighted by molar-refractivity contribution is 6.31. The number of hydrogen-bond acceptors (Lipinski definition) is 2. The maximum Gasteiger partial charge on any atom is 0.275 e. The highest BCUT2D eigenvalue weighted by atomic mass is 35.5. The van der Waals surface area contributed by atoms with Crippen molar-refractivity contribution in [3.63, 3.8) is 0 Å². The SMILES string of the molecule is O=c1[nH]nc2c3ccc(Cl)cc3n(-c3ccc(F)cc3)cc1-2. The number of fused-ring (bicyclic) bond motifs is 3. The summed E-state index contributed by atoms with van der Waals surface area (Å²) in [7, 11) is 0. The Labute approximate surface area is 129 Å². The molecule has 0 amide bonds. The Kier molecular flexibility index (Phi) is 2.77. The van der Waals surface area contributed by atoms with E-state index in [1.807, 2.05) is 6.07 Å². The zero-order valence-electron chi connectivity index (χ0n) is 11.2. The molecule has 0 atom stereocenters. The van der Waals surface area contributed by atoms with Crippen LogP contribution in [0.5, 0.6) is 0 Å². The number of nitrogens with one attached hydrogen (secondary N) is 1. The molecule has 0 saturated carbocycles. The van der Waals surface area contributed by atoms with Crippen molar-refractivity contribution in [1.29, 1.82) is 0 Å². The normalized spacial score (nSPS) is 11.4. The number of rotatable bonds is 1. The summed E-state index contributed by atoms with van der Waals surface area (Å²) < 4.78 is 15.0. The number of halogens is 2. The minimum absolute atomic E-state index is 0.261. The summed E-state index contributed by atoms with van der Waals surface area (Å²) in [4.78, 5) is 11.9. The van der Waals surface area contributed by atoms with Crippen LogP contribution in [0.25, 0.3) is 27.8 Å². The zero-order valence-corrected chi connectivity index (χ0v) is 11.9. The third-order valence-electron chi connectivity index (χ3n) is 3.61. The number of hydrogen-bond donors (Lipinski definition) is 1. The number of benzene rings is 2. The Balaban J connectivity index is 2.16. The first-order valence-corrected chi connectivity index (χ1v) is 6.96. The van der Waals surface area contributed by atoms with Gasteiger partial charge in [-0.3, -0.25) is 4.79 Å². The van der Waals surface area contributed by atoms with E-state index in [1.165, 1.54) is 12.1 Å². The van der Waals surface area contributed by atoms with Crippen LogP contribution in [0.3, 0.4) is 0 Å². The largest absolute Gasteiger partial charge is 0.316 e. The quantitative estimate of drug-likeness (QED) is 0.583. The van der Waals surface area contributed by atoms with E-state index in [0.29, 0.717) is 16.3 Å². The van der Waals surface area contributed by atoms with Crippen LogP contribution in [0.2, 0.25) is 5.02 Å². The van der Waals surface area contributed by atoms with Gasteiger partial charge in [0, 0.05) is 22.3 Å². The molecule has 2 aliphatic rings. The zero-order chi connectivity index (χ0) is 15.3. The molecule has 2 aromatic rings. The molecule has 0 unspecified atom stereocenters. The molecule has 108 valence electrons. The Hall–Kier alpha value is -2.66. The van der Waals surface area contributed by atoms with Gasteiger partial charge in [-0.05, 0) is 42.5 Å². The molecule has 0 bridgehead atoms. The summed E-state index contributed by atoms with van der Waals surface area (Å²) in [6.45, 7) is 0. The molecule has 1 N–H and O–H groups in total. The predicted molar refractivity (Wildman–Crippen MR) is 83.3 cm³/mol. The first kappa shape index (κ1) is 13.0. The third kappa shape index (κ3) is 1.90. The van der Waals surface area contributed by atoms with Gasteiger partial charge in [-0.25, -0.2) is 9.49 Å². The van der Waals surface area contributed by atoms with Gasteiger partial charge in [0.15, 0.2) is 0 Å². The number of aromatic nitrogens is 3. The summed E-state index contributed by atoms with van der Waals surface area (Å²) >= 11 is 6.10. The maximum atomic E-state index is 13.2. The van der Waals surface area contributed by atoms with Crippen molar-refractivity contribution in [2.75, 3.05) is 0 Å². The smallest absolute Gasteiger partial charge is 0.275 e. The molecule has 0 saturated heterocycles. The summed E-state index contributed by atoms with van der Waals surface area (Å²) in [6, 6.07) is 11.4. The molecular weight excluding hydrogens is 305 g/mol. The van der Waals surface area contributed by atoms with Crippen molar-refractivity contribution in [1.82, 2.24) is 14.8 Å². The van der Waals surface area contributed by atoms with Crippen LogP contribution in [-0.4, -0.2) is 14.8 Å². The standard InChI is InChI=1S/C16H9ClFN3O/c17-9-1-6-12-14(7-9)21(11-4-2-10(18)3-5-11)8-13-15(12)19-20-16(13)22/h1-8H,(H,20,22). The lowest BCUT2D eigenvalue weighted by atomic mass is 10.1. The molecule has 0 radical (unpaired) electrons. The van der Waals surface area contributed by atoms with Gasteiger partial charge in [0.05, 0.1) is 11.1 Å². The predicted octanol–water partition coefficient (Wildman–Crippen LogP) is 3.61. The van der Waals surface area contributed by atoms with Crippen molar-refractivity contribution in [3.05, 3.63) is 69.9 Å². The Morgan fingerprint density at radius 1 is 1.14 bits per heavy atom. The molecule has 2 heterocycles. The van der Waals surface area contributed by atoms with Crippen LogP contribution in [0.4, 0.5) is 4.39 Å². The monoisotopic (exact) mass is 313 g/mol. The maximum absolute atomic E-state index is 13.2. The first-order valence-electron chi connectivity index (χ1n) is 6.58.